The number of carbonyl (C=O) groups is 2. The highest BCUT2D eigenvalue weighted by Crippen LogP contribution is 2.18. The molecule has 1 aromatic carbocycles. The molecular formula is C17H24ClN3O2. The maximum absolute atomic E-state index is 12.2. The van der Waals surface area contributed by atoms with Gasteiger partial charge in [0.15, 0.2) is 0 Å². The van der Waals surface area contributed by atoms with Crippen LogP contribution in [0.2, 0.25) is 5.02 Å². The number of imide groups is 1. The molecule has 2 N–H and O–H groups in total. The van der Waals surface area contributed by atoms with E-state index in [0.717, 1.165) is 31.2 Å². The van der Waals surface area contributed by atoms with Crippen molar-refractivity contribution in [2.45, 2.75) is 51.2 Å². The monoisotopic (exact) mass is 337 g/mol. The van der Waals surface area contributed by atoms with Crippen LogP contribution in [0.15, 0.2) is 24.3 Å². The summed E-state index contributed by atoms with van der Waals surface area (Å²) < 4.78 is 0. The van der Waals surface area contributed by atoms with Crippen molar-refractivity contribution >= 4 is 23.5 Å². The smallest absolute Gasteiger partial charge is 0.321 e. The molecule has 1 atom stereocenters. The van der Waals surface area contributed by atoms with Crippen LogP contribution < -0.4 is 10.6 Å². The minimum atomic E-state index is -0.430. The van der Waals surface area contributed by atoms with Gasteiger partial charge in [-0.1, -0.05) is 42.6 Å². The number of hydrogen-bond acceptors (Lipinski definition) is 3. The molecule has 5 nitrogen and oxygen atoms in total. The zero-order chi connectivity index (χ0) is 16.8. The highest BCUT2D eigenvalue weighted by Gasteiger charge is 2.23. The van der Waals surface area contributed by atoms with Crippen molar-refractivity contribution in [3.63, 3.8) is 0 Å². The van der Waals surface area contributed by atoms with E-state index in [1.165, 1.54) is 0 Å². The number of hydrogen-bond donors (Lipinski definition) is 2. The van der Waals surface area contributed by atoms with Crippen molar-refractivity contribution < 1.29 is 9.59 Å². The van der Waals surface area contributed by atoms with E-state index in [0.29, 0.717) is 11.6 Å². The van der Waals surface area contributed by atoms with Gasteiger partial charge in [-0.15, -0.1) is 0 Å². The molecule has 0 bridgehead atoms. The molecule has 0 aliphatic heterocycles. The van der Waals surface area contributed by atoms with E-state index >= 15 is 0 Å². The molecule has 1 aliphatic rings. The van der Waals surface area contributed by atoms with E-state index in [9.17, 15) is 9.59 Å². The zero-order valence-electron chi connectivity index (χ0n) is 13.6. The third kappa shape index (κ3) is 5.22. The lowest BCUT2D eigenvalue weighted by molar-refractivity contribution is -0.124. The number of carbonyl (C=O) groups excluding carboxylic acids is 2. The van der Waals surface area contributed by atoms with Gasteiger partial charge in [0.25, 0.3) is 0 Å². The molecule has 23 heavy (non-hydrogen) atoms. The van der Waals surface area contributed by atoms with Crippen molar-refractivity contribution in [1.82, 2.24) is 15.5 Å². The second-order valence-corrected chi connectivity index (χ2v) is 6.53. The molecule has 2 rings (SSSR count). The lowest BCUT2D eigenvalue weighted by atomic mass is 10.2. The fourth-order valence-corrected chi connectivity index (χ4v) is 2.94. The minimum absolute atomic E-state index is 0.193. The van der Waals surface area contributed by atoms with Crippen LogP contribution in [-0.2, 0) is 11.3 Å². The lowest BCUT2D eigenvalue weighted by Gasteiger charge is -2.24. The summed E-state index contributed by atoms with van der Waals surface area (Å²) in [6, 6.07) is 6.89. The predicted molar refractivity (Wildman–Crippen MR) is 91.3 cm³/mol. The van der Waals surface area contributed by atoms with Gasteiger partial charge in [-0.25, -0.2) is 4.79 Å². The van der Waals surface area contributed by atoms with E-state index in [1.54, 1.807) is 6.92 Å². The predicted octanol–water partition coefficient (Wildman–Crippen LogP) is 2.93. The minimum Gasteiger partial charge on any atom is -0.335 e. The van der Waals surface area contributed by atoms with Gasteiger partial charge in [0.05, 0.1) is 6.04 Å². The van der Waals surface area contributed by atoms with Crippen LogP contribution in [0.5, 0.6) is 0 Å². The fraction of sp³-hybridized carbons (Fsp3) is 0.529. The molecule has 1 aromatic rings. The molecule has 0 radical (unpaired) electrons. The average Bonchev–Trinajstić information content (AvgIpc) is 3.01. The highest BCUT2D eigenvalue weighted by molar-refractivity contribution is 6.31. The molecule has 1 saturated carbocycles. The van der Waals surface area contributed by atoms with Gasteiger partial charge in [-0.05, 0) is 38.4 Å². The molecule has 6 heteroatoms. The van der Waals surface area contributed by atoms with Crippen LogP contribution in [0.3, 0.4) is 0 Å². The molecule has 3 amide bonds. The number of amides is 3. The molecule has 0 aromatic heterocycles. The number of benzene rings is 1. The van der Waals surface area contributed by atoms with Crippen LogP contribution >= 0.6 is 11.6 Å². The van der Waals surface area contributed by atoms with Crippen LogP contribution in [0, 0.1) is 0 Å². The Morgan fingerprint density at radius 3 is 2.61 bits per heavy atom. The Morgan fingerprint density at radius 1 is 1.30 bits per heavy atom. The first-order valence-electron chi connectivity index (χ1n) is 8.02. The first-order chi connectivity index (χ1) is 11.0. The highest BCUT2D eigenvalue weighted by atomic mass is 35.5. The summed E-state index contributed by atoms with van der Waals surface area (Å²) in [5, 5.41) is 5.95. The number of urea groups is 1. The summed E-state index contributed by atoms with van der Waals surface area (Å²) in [6.07, 6.45) is 4.25. The average molecular weight is 338 g/mol. The Morgan fingerprint density at radius 2 is 1.96 bits per heavy atom. The topological polar surface area (TPSA) is 61.4 Å². The molecule has 1 aliphatic carbocycles. The van der Waals surface area contributed by atoms with Crippen molar-refractivity contribution in [2.24, 2.45) is 0 Å². The quantitative estimate of drug-likeness (QED) is 0.868. The Hall–Kier alpha value is -1.59. The van der Waals surface area contributed by atoms with Gasteiger partial charge in [0, 0.05) is 17.6 Å². The summed E-state index contributed by atoms with van der Waals surface area (Å²) in [5.41, 5.74) is 0.951. The molecule has 0 saturated heterocycles. The van der Waals surface area contributed by atoms with Crippen molar-refractivity contribution in [3.05, 3.63) is 34.9 Å². The van der Waals surface area contributed by atoms with Crippen LogP contribution in [0.25, 0.3) is 0 Å². The van der Waals surface area contributed by atoms with Crippen LogP contribution in [-0.4, -0.2) is 36.0 Å². The van der Waals surface area contributed by atoms with Crippen LogP contribution in [0.1, 0.15) is 38.2 Å². The molecule has 1 unspecified atom stereocenters. The second kappa shape index (κ2) is 8.31. The second-order valence-electron chi connectivity index (χ2n) is 6.13. The third-order valence-corrected chi connectivity index (χ3v) is 4.71. The van der Waals surface area contributed by atoms with E-state index in [-0.39, 0.29) is 11.9 Å². The number of nitrogens with one attached hydrogen (secondary N) is 2. The van der Waals surface area contributed by atoms with E-state index in [2.05, 4.69) is 10.6 Å². The zero-order valence-corrected chi connectivity index (χ0v) is 14.4. The first kappa shape index (κ1) is 17.8. The largest absolute Gasteiger partial charge is 0.335 e. The first-order valence-corrected chi connectivity index (χ1v) is 8.40. The summed E-state index contributed by atoms with van der Waals surface area (Å²) in [4.78, 5) is 25.9. The number of nitrogens with zero attached hydrogens (tertiary/aromatic N) is 1. The Bertz CT molecular complexity index is 559. The Kier molecular flexibility index (Phi) is 6.42. The molecular weight excluding hydrogens is 314 g/mol. The Labute approximate surface area is 142 Å². The maximum atomic E-state index is 12.2. The lowest BCUT2D eigenvalue weighted by Crippen LogP contribution is -2.50. The van der Waals surface area contributed by atoms with Gasteiger partial charge in [-0.2, -0.15) is 0 Å². The van der Waals surface area contributed by atoms with E-state index in [4.69, 9.17) is 11.6 Å². The standard InChI is InChI=1S/C17H24ClN3O2/c1-12(21(2)11-13-7-3-6-10-15(13)18)16(22)20-17(23)19-14-8-4-5-9-14/h3,6-7,10,12,14H,4-5,8-9,11H2,1-2H3,(H2,19,20,22,23). The normalized spacial score (nSPS) is 16.3. The Balaban J connectivity index is 1.83. The van der Waals surface area contributed by atoms with Crippen molar-refractivity contribution in [3.8, 4) is 0 Å². The molecule has 0 heterocycles. The third-order valence-electron chi connectivity index (χ3n) is 4.35. The number of rotatable bonds is 5. The van der Waals surface area contributed by atoms with Gasteiger partial charge < -0.3 is 5.32 Å². The molecule has 1 fully saturated rings. The summed E-state index contributed by atoms with van der Waals surface area (Å²) in [5.74, 6) is -0.310. The summed E-state index contributed by atoms with van der Waals surface area (Å²) >= 11 is 6.14. The SMILES string of the molecule is CC(C(=O)NC(=O)NC1CCCC1)N(C)Cc1ccccc1Cl. The van der Waals surface area contributed by atoms with Gasteiger partial charge >= 0.3 is 6.03 Å². The number of likely N-dealkylation sites (N-methyl/N-ethyl adjacent to an activating group) is 1. The van der Waals surface area contributed by atoms with E-state index in [1.807, 2.05) is 36.2 Å². The van der Waals surface area contributed by atoms with Gasteiger partial charge in [-0.3, -0.25) is 15.0 Å². The fourth-order valence-electron chi connectivity index (χ4n) is 2.74. The summed E-state index contributed by atoms with van der Waals surface area (Å²) in [6.45, 7) is 2.31. The molecule has 0 spiro atoms. The molecule has 126 valence electrons. The summed E-state index contributed by atoms with van der Waals surface area (Å²) in [7, 11) is 1.84. The van der Waals surface area contributed by atoms with Crippen LogP contribution in [0.4, 0.5) is 4.79 Å². The van der Waals surface area contributed by atoms with Crippen molar-refractivity contribution in [1.29, 1.82) is 0 Å². The van der Waals surface area contributed by atoms with Crippen molar-refractivity contribution in [2.75, 3.05) is 7.05 Å². The van der Waals surface area contributed by atoms with Gasteiger partial charge in [0.1, 0.15) is 0 Å². The van der Waals surface area contributed by atoms with Gasteiger partial charge in [0.2, 0.25) is 5.91 Å². The van der Waals surface area contributed by atoms with E-state index < -0.39 is 12.1 Å². The number of halogens is 1. The maximum Gasteiger partial charge on any atom is 0.321 e.